The SMILES string of the molecule is CC(C)(C)C(=O)C1=C(O)C(=O)N(c2cccc(F)c2)C1c1ccccc1. The number of anilines is 1. The smallest absolute Gasteiger partial charge is 0.294 e. The molecule has 0 bridgehead atoms. The van der Waals surface area contributed by atoms with Crippen molar-refractivity contribution in [2.75, 3.05) is 4.90 Å². The monoisotopic (exact) mass is 353 g/mol. The third-order valence-electron chi connectivity index (χ3n) is 4.34. The highest BCUT2D eigenvalue weighted by Crippen LogP contribution is 2.43. The first-order valence-corrected chi connectivity index (χ1v) is 8.34. The molecule has 0 saturated heterocycles. The zero-order valence-electron chi connectivity index (χ0n) is 14.9. The van der Waals surface area contributed by atoms with Gasteiger partial charge in [0.25, 0.3) is 5.91 Å². The highest BCUT2D eigenvalue weighted by Gasteiger charge is 2.46. The Labute approximate surface area is 151 Å². The van der Waals surface area contributed by atoms with E-state index < -0.39 is 28.9 Å². The molecule has 4 nitrogen and oxygen atoms in total. The summed E-state index contributed by atoms with van der Waals surface area (Å²) in [5.41, 5.74) is 0.209. The molecule has 2 aromatic carbocycles. The predicted molar refractivity (Wildman–Crippen MR) is 97.2 cm³/mol. The number of benzene rings is 2. The highest BCUT2D eigenvalue weighted by molar-refractivity contribution is 6.17. The Balaban J connectivity index is 2.21. The van der Waals surface area contributed by atoms with Gasteiger partial charge in [-0.1, -0.05) is 57.2 Å². The molecule has 1 aliphatic heterocycles. The van der Waals surface area contributed by atoms with Crippen molar-refractivity contribution < 1.29 is 19.1 Å². The maximum absolute atomic E-state index is 13.7. The summed E-state index contributed by atoms with van der Waals surface area (Å²) in [6, 6.07) is 13.7. The summed E-state index contributed by atoms with van der Waals surface area (Å²) in [6.45, 7) is 5.19. The largest absolute Gasteiger partial charge is 0.503 e. The van der Waals surface area contributed by atoms with Crippen LogP contribution in [0.2, 0.25) is 0 Å². The molecule has 1 unspecified atom stereocenters. The van der Waals surface area contributed by atoms with E-state index in [0.29, 0.717) is 5.56 Å². The van der Waals surface area contributed by atoms with Crippen molar-refractivity contribution in [2.24, 2.45) is 5.41 Å². The second-order valence-corrected chi connectivity index (χ2v) is 7.31. The van der Waals surface area contributed by atoms with Crippen molar-refractivity contribution in [3.05, 3.63) is 77.3 Å². The Hall–Kier alpha value is -2.95. The van der Waals surface area contributed by atoms with Crippen LogP contribution >= 0.6 is 0 Å². The van der Waals surface area contributed by atoms with E-state index in [1.54, 1.807) is 51.1 Å². The van der Waals surface area contributed by atoms with Gasteiger partial charge in [0.1, 0.15) is 5.82 Å². The summed E-state index contributed by atoms with van der Waals surface area (Å²) in [7, 11) is 0. The molecule has 0 aromatic heterocycles. The third-order valence-corrected chi connectivity index (χ3v) is 4.34. The van der Waals surface area contributed by atoms with Crippen LogP contribution < -0.4 is 4.90 Å². The van der Waals surface area contributed by atoms with Crippen molar-refractivity contribution in [1.82, 2.24) is 0 Å². The van der Waals surface area contributed by atoms with Crippen LogP contribution in [0.1, 0.15) is 32.4 Å². The van der Waals surface area contributed by atoms with Gasteiger partial charge in [-0.15, -0.1) is 0 Å². The van der Waals surface area contributed by atoms with E-state index in [2.05, 4.69) is 0 Å². The molecule has 5 heteroatoms. The molecule has 0 fully saturated rings. The van der Waals surface area contributed by atoms with Crippen molar-refractivity contribution in [3.63, 3.8) is 0 Å². The normalized spacial score (nSPS) is 17.8. The minimum atomic E-state index is -0.808. The van der Waals surface area contributed by atoms with Gasteiger partial charge < -0.3 is 5.11 Å². The lowest BCUT2D eigenvalue weighted by atomic mass is 9.82. The molecule has 0 saturated carbocycles. The molecule has 1 atom stereocenters. The van der Waals surface area contributed by atoms with Crippen LogP contribution in [-0.4, -0.2) is 16.8 Å². The van der Waals surface area contributed by atoms with Crippen LogP contribution in [0.4, 0.5) is 10.1 Å². The third kappa shape index (κ3) is 3.01. The van der Waals surface area contributed by atoms with Crippen molar-refractivity contribution >= 4 is 17.4 Å². The average molecular weight is 353 g/mol. The van der Waals surface area contributed by atoms with Gasteiger partial charge >= 0.3 is 0 Å². The number of aliphatic hydroxyl groups excluding tert-OH is 1. The fourth-order valence-corrected chi connectivity index (χ4v) is 3.08. The molecule has 0 radical (unpaired) electrons. The summed E-state index contributed by atoms with van der Waals surface area (Å²) < 4.78 is 13.7. The molecular formula is C21H20FNO3. The molecule has 0 aliphatic carbocycles. The number of amides is 1. The molecule has 1 heterocycles. The summed E-state index contributed by atoms with van der Waals surface area (Å²) in [5, 5.41) is 10.5. The molecular weight excluding hydrogens is 333 g/mol. The second-order valence-electron chi connectivity index (χ2n) is 7.31. The lowest BCUT2D eigenvalue weighted by molar-refractivity contribution is -0.123. The molecule has 134 valence electrons. The van der Waals surface area contributed by atoms with Crippen LogP contribution in [0.15, 0.2) is 65.9 Å². The number of aliphatic hydroxyl groups is 1. The standard InChI is InChI=1S/C21H20FNO3/c1-21(2,3)19(25)16-17(13-8-5-4-6-9-13)23(20(26)18(16)24)15-11-7-10-14(22)12-15/h4-12,17,24H,1-3H3. The first-order valence-electron chi connectivity index (χ1n) is 8.34. The quantitative estimate of drug-likeness (QED) is 0.893. The summed E-state index contributed by atoms with van der Waals surface area (Å²) in [5.74, 6) is -2.12. The maximum atomic E-state index is 13.7. The van der Waals surface area contributed by atoms with Crippen LogP contribution in [0.3, 0.4) is 0 Å². The summed E-state index contributed by atoms with van der Waals surface area (Å²) in [4.78, 5) is 27.0. The number of carbonyl (C=O) groups is 2. The second kappa shape index (κ2) is 6.41. The number of rotatable bonds is 3. The van der Waals surface area contributed by atoms with E-state index in [4.69, 9.17) is 0 Å². The first-order chi connectivity index (χ1) is 12.2. The average Bonchev–Trinajstić information content (AvgIpc) is 2.85. The molecule has 2 aromatic rings. The lowest BCUT2D eigenvalue weighted by Gasteiger charge is -2.29. The van der Waals surface area contributed by atoms with Crippen LogP contribution in [-0.2, 0) is 9.59 Å². The Bertz CT molecular complexity index is 897. The predicted octanol–water partition coefficient (Wildman–Crippen LogP) is 4.34. The Morgan fingerprint density at radius 3 is 2.31 bits per heavy atom. The van der Waals surface area contributed by atoms with E-state index in [0.717, 1.165) is 0 Å². The summed E-state index contributed by atoms with van der Waals surface area (Å²) >= 11 is 0. The first kappa shape index (κ1) is 17.9. The van der Waals surface area contributed by atoms with Gasteiger partial charge in [-0.05, 0) is 23.8 Å². The Morgan fingerprint density at radius 1 is 1.08 bits per heavy atom. The molecule has 1 amide bonds. The van der Waals surface area contributed by atoms with Crippen molar-refractivity contribution in [3.8, 4) is 0 Å². The van der Waals surface area contributed by atoms with Crippen LogP contribution in [0.5, 0.6) is 0 Å². The number of Topliss-reactive ketones (excluding diaryl/α,β-unsaturated/α-hetero) is 1. The minimum Gasteiger partial charge on any atom is -0.503 e. The number of ketones is 1. The fraction of sp³-hybridized carbons (Fsp3) is 0.238. The molecule has 26 heavy (non-hydrogen) atoms. The zero-order chi connectivity index (χ0) is 19.1. The van der Waals surface area contributed by atoms with E-state index in [-0.39, 0.29) is 17.0 Å². The van der Waals surface area contributed by atoms with E-state index in [9.17, 15) is 19.1 Å². The van der Waals surface area contributed by atoms with Crippen molar-refractivity contribution in [2.45, 2.75) is 26.8 Å². The number of carbonyl (C=O) groups excluding carboxylic acids is 2. The number of nitrogens with zero attached hydrogens (tertiary/aromatic N) is 1. The molecule has 0 spiro atoms. The van der Waals surface area contributed by atoms with E-state index >= 15 is 0 Å². The molecule has 1 aliphatic rings. The maximum Gasteiger partial charge on any atom is 0.294 e. The number of hydrogen-bond donors (Lipinski definition) is 1. The van der Waals surface area contributed by atoms with Crippen molar-refractivity contribution in [1.29, 1.82) is 0 Å². The Morgan fingerprint density at radius 2 is 1.73 bits per heavy atom. The van der Waals surface area contributed by atoms with Gasteiger partial charge in [-0.3, -0.25) is 14.5 Å². The zero-order valence-corrected chi connectivity index (χ0v) is 14.9. The van der Waals surface area contributed by atoms with Gasteiger partial charge in [0.2, 0.25) is 0 Å². The van der Waals surface area contributed by atoms with Gasteiger partial charge in [-0.25, -0.2) is 4.39 Å². The fourth-order valence-electron chi connectivity index (χ4n) is 3.08. The number of hydrogen-bond acceptors (Lipinski definition) is 3. The Kier molecular flexibility index (Phi) is 4.40. The van der Waals surface area contributed by atoms with Gasteiger partial charge in [0.15, 0.2) is 11.5 Å². The van der Waals surface area contributed by atoms with Crippen LogP contribution in [0, 0.1) is 11.2 Å². The summed E-state index contributed by atoms with van der Waals surface area (Å²) in [6.07, 6.45) is 0. The van der Waals surface area contributed by atoms with Crippen LogP contribution in [0.25, 0.3) is 0 Å². The lowest BCUT2D eigenvalue weighted by Crippen LogP contribution is -2.32. The molecule has 3 rings (SSSR count). The van der Waals surface area contributed by atoms with Gasteiger partial charge in [0, 0.05) is 11.1 Å². The molecule has 1 N–H and O–H groups in total. The van der Waals surface area contributed by atoms with Gasteiger partial charge in [0.05, 0.1) is 11.6 Å². The van der Waals surface area contributed by atoms with Gasteiger partial charge in [-0.2, -0.15) is 0 Å². The number of halogens is 1. The highest BCUT2D eigenvalue weighted by atomic mass is 19.1. The topological polar surface area (TPSA) is 57.6 Å². The van der Waals surface area contributed by atoms with E-state index in [1.807, 2.05) is 6.07 Å². The van der Waals surface area contributed by atoms with E-state index in [1.165, 1.54) is 23.1 Å². The minimum absolute atomic E-state index is 0.0398.